The minimum Gasteiger partial charge on any atom is -0.414 e. The highest BCUT2D eigenvalue weighted by Gasteiger charge is 2.55. The van der Waals surface area contributed by atoms with Crippen molar-refractivity contribution in [2.24, 2.45) is 17.3 Å². The summed E-state index contributed by atoms with van der Waals surface area (Å²) in [4.78, 5) is 0. The standard InChI is InChI=1S/C19H38O4SSi/c1-14(22-24(6,20)21)15-11-12-16-17(10-9-13-19(15,16)5)23-25(7,8)18(2,3)4/h14-17H,9-13H2,1-8H3/t14-,15+,16-,17-,19+/m0/s1. The summed E-state index contributed by atoms with van der Waals surface area (Å²) >= 11 is 0. The summed E-state index contributed by atoms with van der Waals surface area (Å²) in [7, 11) is -5.21. The van der Waals surface area contributed by atoms with Crippen molar-refractivity contribution in [3.63, 3.8) is 0 Å². The first-order valence-electron chi connectivity index (χ1n) is 9.73. The largest absolute Gasteiger partial charge is 0.414 e. The monoisotopic (exact) mass is 390 g/mol. The second kappa shape index (κ2) is 6.92. The molecule has 4 nitrogen and oxygen atoms in total. The van der Waals surface area contributed by atoms with E-state index in [9.17, 15) is 8.42 Å². The van der Waals surface area contributed by atoms with E-state index in [1.54, 1.807) is 0 Å². The molecule has 25 heavy (non-hydrogen) atoms. The van der Waals surface area contributed by atoms with Crippen molar-refractivity contribution in [2.45, 2.75) is 97.1 Å². The van der Waals surface area contributed by atoms with Crippen molar-refractivity contribution in [3.8, 4) is 0 Å². The van der Waals surface area contributed by atoms with Gasteiger partial charge in [0, 0.05) is 6.10 Å². The zero-order valence-electron chi connectivity index (χ0n) is 17.4. The van der Waals surface area contributed by atoms with Crippen molar-refractivity contribution < 1.29 is 17.0 Å². The molecule has 0 unspecified atom stereocenters. The van der Waals surface area contributed by atoms with Gasteiger partial charge in [-0.15, -0.1) is 0 Å². The van der Waals surface area contributed by atoms with Crippen LogP contribution in [0, 0.1) is 17.3 Å². The fourth-order valence-corrected chi connectivity index (χ4v) is 7.05. The van der Waals surface area contributed by atoms with Crippen LogP contribution in [0.3, 0.4) is 0 Å². The van der Waals surface area contributed by atoms with E-state index in [2.05, 4.69) is 40.8 Å². The average molecular weight is 391 g/mol. The number of hydrogen-bond donors (Lipinski definition) is 0. The molecule has 0 radical (unpaired) electrons. The van der Waals surface area contributed by atoms with Crippen LogP contribution >= 0.6 is 0 Å². The molecule has 0 bridgehead atoms. The summed E-state index contributed by atoms with van der Waals surface area (Å²) in [6, 6.07) is 0. The smallest absolute Gasteiger partial charge is 0.264 e. The Hall–Kier alpha value is 0.0869. The lowest BCUT2D eigenvalue weighted by Crippen LogP contribution is -2.50. The van der Waals surface area contributed by atoms with Gasteiger partial charge in [-0.2, -0.15) is 8.42 Å². The first kappa shape index (κ1) is 21.4. The molecule has 2 rings (SSSR count). The van der Waals surface area contributed by atoms with Crippen LogP contribution in [0.4, 0.5) is 0 Å². The molecule has 0 heterocycles. The van der Waals surface area contributed by atoms with Crippen molar-refractivity contribution in [1.29, 1.82) is 0 Å². The van der Waals surface area contributed by atoms with E-state index in [4.69, 9.17) is 8.61 Å². The lowest BCUT2D eigenvalue weighted by Gasteiger charge is -2.49. The molecule has 6 heteroatoms. The molecule has 0 spiro atoms. The third-order valence-corrected chi connectivity index (χ3v) is 12.4. The van der Waals surface area contributed by atoms with Gasteiger partial charge in [-0.25, -0.2) is 0 Å². The van der Waals surface area contributed by atoms with Gasteiger partial charge < -0.3 is 4.43 Å². The molecule has 0 aromatic heterocycles. The number of fused-ring (bicyclic) bond motifs is 1. The molecule has 0 saturated heterocycles. The minimum atomic E-state index is -3.41. The van der Waals surface area contributed by atoms with Crippen LogP contribution in [-0.2, 0) is 18.7 Å². The van der Waals surface area contributed by atoms with Crippen molar-refractivity contribution >= 4 is 18.4 Å². The van der Waals surface area contributed by atoms with E-state index in [-0.39, 0.29) is 22.5 Å². The molecule has 0 N–H and O–H groups in total. The van der Waals surface area contributed by atoms with Gasteiger partial charge in [-0.1, -0.05) is 34.1 Å². The third-order valence-electron chi connectivity index (χ3n) is 7.28. The number of rotatable bonds is 5. The molecule has 0 aromatic carbocycles. The van der Waals surface area contributed by atoms with E-state index < -0.39 is 18.4 Å². The Morgan fingerprint density at radius 1 is 1.16 bits per heavy atom. The maximum atomic E-state index is 11.6. The molecular weight excluding hydrogens is 352 g/mol. The fourth-order valence-electron chi connectivity index (χ4n) is 4.97. The molecule has 0 amide bonds. The summed E-state index contributed by atoms with van der Waals surface area (Å²) < 4.78 is 35.4. The van der Waals surface area contributed by atoms with Gasteiger partial charge in [0.25, 0.3) is 10.1 Å². The summed E-state index contributed by atoms with van der Waals surface area (Å²) in [5.41, 5.74) is 0.120. The van der Waals surface area contributed by atoms with Gasteiger partial charge in [0.05, 0.1) is 12.4 Å². The Bertz CT molecular complexity index is 581. The van der Waals surface area contributed by atoms with E-state index in [1.807, 2.05) is 6.92 Å². The second-order valence-corrected chi connectivity index (χ2v) is 16.5. The zero-order valence-corrected chi connectivity index (χ0v) is 19.2. The molecule has 2 saturated carbocycles. The van der Waals surface area contributed by atoms with E-state index in [0.29, 0.717) is 12.0 Å². The molecule has 2 fully saturated rings. The Labute approximate surface area is 156 Å². The molecule has 2 aliphatic carbocycles. The molecule has 2 aliphatic rings. The molecule has 0 aromatic rings. The SMILES string of the molecule is C[C@H](OS(C)(=O)=O)[C@H]1CC[C@H]2[C@@H](O[Si](C)(C)C(C)(C)C)CCC[C@]12C. The van der Waals surface area contributed by atoms with Crippen LogP contribution in [0.2, 0.25) is 18.1 Å². The van der Waals surface area contributed by atoms with Gasteiger partial charge in [-0.3, -0.25) is 4.18 Å². The van der Waals surface area contributed by atoms with Crippen LogP contribution in [0.5, 0.6) is 0 Å². The van der Waals surface area contributed by atoms with Crippen molar-refractivity contribution in [1.82, 2.24) is 0 Å². The average Bonchev–Trinajstić information content (AvgIpc) is 2.73. The quantitative estimate of drug-likeness (QED) is 0.492. The Balaban J connectivity index is 2.18. The van der Waals surface area contributed by atoms with Gasteiger partial charge in [0.1, 0.15) is 0 Å². The van der Waals surface area contributed by atoms with Crippen LogP contribution in [0.25, 0.3) is 0 Å². The first-order chi connectivity index (χ1) is 11.2. The second-order valence-electron chi connectivity index (χ2n) is 10.1. The van der Waals surface area contributed by atoms with Crippen LogP contribution in [-0.4, -0.2) is 35.2 Å². The van der Waals surface area contributed by atoms with Crippen LogP contribution in [0.1, 0.15) is 66.7 Å². The lowest BCUT2D eigenvalue weighted by atomic mass is 9.63. The maximum Gasteiger partial charge on any atom is 0.264 e. The van der Waals surface area contributed by atoms with Crippen molar-refractivity contribution in [3.05, 3.63) is 0 Å². The predicted molar refractivity (Wildman–Crippen MR) is 106 cm³/mol. The van der Waals surface area contributed by atoms with Gasteiger partial charge in [-0.05, 0) is 68.0 Å². The molecule has 0 aliphatic heterocycles. The maximum absolute atomic E-state index is 11.6. The highest BCUT2D eigenvalue weighted by Crippen LogP contribution is 2.58. The van der Waals surface area contributed by atoms with E-state index >= 15 is 0 Å². The van der Waals surface area contributed by atoms with Crippen LogP contribution in [0.15, 0.2) is 0 Å². The summed E-state index contributed by atoms with van der Waals surface area (Å²) in [5.74, 6) is 0.809. The Kier molecular flexibility index (Phi) is 5.92. The summed E-state index contributed by atoms with van der Waals surface area (Å²) in [5, 5.41) is 0.214. The van der Waals surface area contributed by atoms with E-state index in [0.717, 1.165) is 38.4 Å². The topological polar surface area (TPSA) is 52.6 Å². The van der Waals surface area contributed by atoms with E-state index in [1.165, 1.54) is 0 Å². The highest BCUT2D eigenvalue weighted by molar-refractivity contribution is 7.86. The lowest BCUT2D eigenvalue weighted by molar-refractivity contribution is -0.0320. The van der Waals surface area contributed by atoms with Gasteiger partial charge >= 0.3 is 0 Å². The highest BCUT2D eigenvalue weighted by atomic mass is 32.2. The first-order valence-corrected chi connectivity index (χ1v) is 14.5. The summed E-state index contributed by atoms with van der Waals surface area (Å²) in [6.45, 7) is 15.8. The molecule has 5 atom stereocenters. The van der Waals surface area contributed by atoms with Crippen LogP contribution < -0.4 is 0 Å². The molecule has 148 valence electrons. The summed E-state index contributed by atoms with van der Waals surface area (Å²) in [6.07, 6.45) is 6.83. The zero-order chi connectivity index (χ0) is 19.3. The molecular formula is C19H38O4SSi. The number of hydrogen-bond acceptors (Lipinski definition) is 4. The minimum absolute atomic E-state index is 0.120. The van der Waals surface area contributed by atoms with Gasteiger partial charge in [0.15, 0.2) is 8.32 Å². The normalized spacial score (nSPS) is 35.4. The fraction of sp³-hybridized carbons (Fsp3) is 1.00. The third kappa shape index (κ3) is 4.50. The Morgan fingerprint density at radius 3 is 2.28 bits per heavy atom. The van der Waals surface area contributed by atoms with Crippen molar-refractivity contribution in [2.75, 3.05) is 6.26 Å². The predicted octanol–water partition coefficient (Wildman–Crippen LogP) is 4.96. The van der Waals surface area contributed by atoms with Gasteiger partial charge in [0.2, 0.25) is 0 Å². The Morgan fingerprint density at radius 2 is 1.76 bits per heavy atom.